The van der Waals surface area contributed by atoms with Gasteiger partial charge in [0.15, 0.2) is 0 Å². The fraction of sp³-hybridized carbons (Fsp3) is 0.588. The first-order chi connectivity index (χ1) is 9.69. The maximum absolute atomic E-state index is 10.9. The van der Waals surface area contributed by atoms with E-state index in [4.69, 9.17) is 9.84 Å². The van der Waals surface area contributed by atoms with E-state index in [0.29, 0.717) is 12.7 Å². The quantitative estimate of drug-likeness (QED) is 0.859. The largest absolute Gasteiger partial charge is 0.481 e. The molecule has 1 N–H and O–H groups in total. The zero-order chi connectivity index (χ0) is 14.4. The van der Waals surface area contributed by atoms with Crippen LogP contribution >= 0.6 is 0 Å². The number of carboxylic acids is 1. The van der Waals surface area contributed by atoms with Gasteiger partial charge < -0.3 is 9.84 Å². The molecule has 0 bridgehead atoms. The monoisotopic (exact) mass is 276 g/mol. The third kappa shape index (κ3) is 4.34. The van der Waals surface area contributed by atoms with Gasteiger partial charge in [-0.15, -0.1) is 0 Å². The molecule has 0 aromatic heterocycles. The summed E-state index contributed by atoms with van der Waals surface area (Å²) >= 11 is 0. The summed E-state index contributed by atoms with van der Waals surface area (Å²) in [6, 6.07) is 7.68. The van der Waals surface area contributed by atoms with Crippen molar-refractivity contribution < 1.29 is 14.6 Å². The minimum absolute atomic E-state index is 0.0712. The van der Waals surface area contributed by atoms with E-state index in [1.807, 2.05) is 24.3 Å². The summed E-state index contributed by atoms with van der Waals surface area (Å²) < 4.78 is 6.03. The molecule has 0 aliphatic heterocycles. The lowest BCUT2D eigenvalue weighted by molar-refractivity contribution is -0.136. The van der Waals surface area contributed by atoms with Crippen molar-refractivity contribution in [2.45, 2.75) is 58.2 Å². The van der Waals surface area contributed by atoms with Gasteiger partial charge in [-0.2, -0.15) is 0 Å². The Morgan fingerprint density at radius 2 is 2.05 bits per heavy atom. The van der Waals surface area contributed by atoms with E-state index >= 15 is 0 Å². The van der Waals surface area contributed by atoms with Crippen molar-refractivity contribution in [3.05, 3.63) is 35.4 Å². The average Bonchev–Trinajstić information content (AvgIpc) is 2.46. The maximum atomic E-state index is 10.9. The molecule has 1 saturated carbocycles. The molecule has 2 rings (SSSR count). The normalized spacial score (nSPS) is 22.6. The molecule has 1 aliphatic rings. The SMILES string of the molecule is CCC1CCCC(OCc2ccccc2CC(=O)O)C1. The first-order valence-electron chi connectivity index (χ1n) is 7.59. The second-order valence-corrected chi connectivity index (χ2v) is 5.71. The van der Waals surface area contributed by atoms with Crippen molar-refractivity contribution in [1.29, 1.82) is 0 Å². The highest BCUT2D eigenvalue weighted by Gasteiger charge is 2.21. The van der Waals surface area contributed by atoms with Crippen LogP contribution in [0, 0.1) is 5.92 Å². The highest BCUT2D eigenvalue weighted by Crippen LogP contribution is 2.29. The van der Waals surface area contributed by atoms with Crippen molar-refractivity contribution in [3.8, 4) is 0 Å². The van der Waals surface area contributed by atoms with Crippen LogP contribution in [-0.2, 0) is 22.6 Å². The lowest BCUT2D eigenvalue weighted by Crippen LogP contribution is -2.22. The first-order valence-corrected chi connectivity index (χ1v) is 7.59. The van der Waals surface area contributed by atoms with Crippen molar-refractivity contribution in [2.24, 2.45) is 5.92 Å². The third-order valence-electron chi connectivity index (χ3n) is 4.25. The molecule has 1 aromatic carbocycles. The van der Waals surface area contributed by atoms with E-state index in [-0.39, 0.29) is 6.42 Å². The van der Waals surface area contributed by atoms with E-state index < -0.39 is 5.97 Å². The van der Waals surface area contributed by atoms with Gasteiger partial charge >= 0.3 is 5.97 Å². The van der Waals surface area contributed by atoms with E-state index in [1.165, 1.54) is 19.3 Å². The fourth-order valence-electron chi connectivity index (χ4n) is 3.01. The zero-order valence-corrected chi connectivity index (χ0v) is 12.2. The molecule has 0 spiro atoms. The molecule has 3 nitrogen and oxygen atoms in total. The Labute approximate surface area is 121 Å². The van der Waals surface area contributed by atoms with Crippen LogP contribution in [0.5, 0.6) is 0 Å². The Balaban J connectivity index is 1.91. The molecule has 0 heterocycles. The van der Waals surface area contributed by atoms with Gasteiger partial charge in [0.1, 0.15) is 0 Å². The molecule has 0 amide bonds. The highest BCUT2D eigenvalue weighted by atomic mass is 16.5. The van der Waals surface area contributed by atoms with Crippen LogP contribution in [0.3, 0.4) is 0 Å². The second-order valence-electron chi connectivity index (χ2n) is 5.71. The number of rotatable bonds is 6. The standard InChI is InChI=1S/C17H24O3/c1-2-13-6-5-9-16(10-13)20-12-15-8-4-3-7-14(15)11-17(18)19/h3-4,7-8,13,16H,2,5-6,9-12H2,1H3,(H,18,19). The number of hydrogen-bond donors (Lipinski definition) is 1. The summed E-state index contributed by atoms with van der Waals surface area (Å²) in [6.45, 7) is 2.78. The van der Waals surface area contributed by atoms with Crippen LogP contribution in [0.2, 0.25) is 0 Å². The van der Waals surface area contributed by atoms with Gasteiger partial charge in [0.05, 0.1) is 19.1 Å². The zero-order valence-electron chi connectivity index (χ0n) is 12.2. The molecule has 1 aromatic rings. The first kappa shape index (κ1) is 15.0. The lowest BCUT2D eigenvalue weighted by Gasteiger charge is -2.28. The Bertz CT molecular complexity index is 442. The molecule has 1 aliphatic carbocycles. The second kappa shape index (κ2) is 7.44. The summed E-state index contributed by atoms with van der Waals surface area (Å²) in [5.74, 6) is 0.00387. The van der Waals surface area contributed by atoms with E-state index in [9.17, 15) is 4.79 Å². The van der Waals surface area contributed by atoms with Crippen molar-refractivity contribution in [1.82, 2.24) is 0 Å². The van der Waals surface area contributed by atoms with Gasteiger partial charge in [-0.1, -0.05) is 50.5 Å². The summed E-state index contributed by atoms with van der Waals surface area (Å²) in [6.07, 6.45) is 6.50. The minimum atomic E-state index is -0.791. The van der Waals surface area contributed by atoms with Crippen LogP contribution in [0.4, 0.5) is 0 Å². The van der Waals surface area contributed by atoms with Crippen LogP contribution in [0.25, 0.3) is 0 Å². The number of hydrogen-bond acceptors (Lipinski definition) is 2. The molecule has 0 saturated heterocycles. The van der Waals surface area contributed by atoms with Gasteiger partial charge in [-0.05, 0) is 29.9 Å². The number of aliphatic carboxylic acids is 1. The predicted molar refractivity (Wildman–Crippen MR) is 78.6 cm³/mol. The molecule has 2 atom stereocenters. The smallest absolute Gasteiger partial charge is 0.307 e. The van der Waals surface area contributed by atoms with Crippen LogP contribution in [-0.4, -0.2) is 17.2 Å². The molecular formula is C17H24O3. The van der Waals surface area contributed by atoms with Crippen LogP contribution in [0.1, 0.15) is 50.2 Å². The topological polar surface area (TPSA) is 46.5 Å². The third-order valence-corrected chi connectivity index (χ3v) is 4.25. The molecule has 2 unspecified atom stereocenters. The van der Waals surface area contributed by atoms with E-state index in [0.717, 1.165) is 29.9 Å². The highest BCUT2D eigenvalue weighted by molar-refractivity contribution is 5.70. The summed E-state index contributed by atoms with van der Waals surface area (Å²) in [7, 11) is 0. The fourth-order valence-corrected chi connectivity index (χ4v) is 3.01. The summed E-state index contributed by atoms with van der Waals surface area (Å²) in [5.41, 5.74) is 1.87. The molecule has 20 heavy (non-hydrogen) atoms. The number of carbonyl (C=O) groups is 1. The predicted octanol–water partition coefficient (Wildman–Crippen LogP) is 3.80. The number of benzene rings is 1. The Morgan fingerprint density at radius 3 is 2.75 bits per heavy atom. The Hall–Kier alpha value is -1.35. The van der Waals surface area contributed by atoms with Gasteiger partial charge in [-0.3, -0.25) is 4.79 Å². The molecule has 110 valence electrons. The van der Waals surface area contributed by atoms with E-state index in [1.54, 1.807) is 0 Å². The van der Waals surface area contributed by atoms with E-state index in [2.05, 4.69) is 6.92 Å². The average molecular weight is 276 g/mol. The molecule has 1 fully saturated rings. The van der Waals surface area contributed by atoms with Crippen LogP contribution < -0.4 is 0 Å². The van der Waals surface area contributed by atoms with Gasteiger partial charge in [-0.25, -0.2) is 0 Å². The van der Waals surface area contributed by atoms with Gasteiger partial charge in [0, 0.05) is 0 Å². The molecule has 0 radical (unpaired) electrons. The van der Waals surface area contributed by atoms with Crippen molar-refractivity contribution in [3.63, 3.8) is 0 Å². The van der Waals surface area contributed by atoms with Gasteiger partial charge in [0.25, 0.3) is 0 Å². The Kier molecular flexibility index (Phi) is 5.60. The maximum Gasteiger partial charge on any atom is 0.307 e. The van der Waals surface area contributed by atoms with Crippen molar-refractivity contribution >= 4 is 5.97 Å². The summed E-state index contributed by atoms with van der Waals surface area (Å²) in [5, 5.41) is 8.93. The van der Waals surface area contributed by atoms with Crippen molar-refractivity contribution in [2.75, 3.05) is 0 Å². The summed E-state index contributed by atoms with van der Waals surface area (Å²) in [4.78, 5) is 10.9. The van der Waals surface area contributed by atoms with Crippen LogP contribution in [0.15, 0.2) is 24.3 Å². The number of carboxylic acid groups (broad SMARTS) is 1. The lowest BCUT2D eigenvalue weighted by atomic mass is 9.85. The van der Waals surface area contributed by atoms with Gasteiger partial charge in [0.2, 0.25) is 0 Å². The Morgan fingerprint density at radius 1 is 1.30 bits per heavy atom. The minimum Gasteiger partial charge on any atom is -0.481 e. The number of ether oxygens (including phenoxy) is 1. The molecule has 3 heteroatoms. The molecular weight excluding hydrogens is 252 g/mol.